The first kappa shape index (κ1) is 19.0. The van der Waals surface area contributed by atoms with Gasteiger partial charge in [0.2, 0.25) is 5.91 Å². The van der Waals surface area contributed by atoms with Gasteiger partial charge in [0.15, 0.2) is 17.3 Å². The maximum absolute atomic E-state index is 12.7. The van der Waals surface area contributed by atoms with Crippen molar-refractivity contribution >= 4 is 23.3 Å². The maximum Gasteiger partial charge on any atom is 0.335 e. The fourth-order valence-electron chi connectivity index (χ4n) is 3.16. The molecule has 1 aliphatic heterocycles. The highest BCUT2D eigenvalue weighted by atomic mass is 16.5. The third-order valence-electron chi connectivity index (χ3n) is 4.48. The van der Waals surface area contributed by atoms with Crippen LogP contribution in [-0.4, -0.2) is 35.0 Å². The van der Waals surface area contributed by atoms with Crippen LogP contribution in [0, 0.1) is 0 Å². The largest absolute Gasteiger partial charge is 0.868 e. The minimum atomic E-state index is -1.13. The number of Topliss-reactive ketones (excluding diaryl/α,β-unsaturated/α-hetero) is 1. The van der Waals surface area contributed by atoms with Gasteiger partial charge in [-0.15, -0.1) is 0 Å². The van der Waals surface area contributed by atoms with Crippen molar-refractivity contribution in [2.45, 2.75) is 13.0 Å². The van der Waals surface area contributed by atoms with Gasteiger partial charge in [-0.1, -0.05) is 6.07 Å². The highest BCUT2D eigenvalue weighted by molar-refractivity contribution is 6.15. The molecule has 0 saturated heterocycles. The molecular formula is C20H16NO7-. The number of methoxy groups -OCH3 is 1. The summed E-state index contributed by atoms with van der Waals surface area (Å²) < 4.78 is 5.08. The Morgan fingerprint density at radius 2 is 1.79 bits per heavy atom. The third kappa shape index (κ3) is 3.05. The molecule has 8 nitrogen and oxygen atoms in total. The standard InChI is InChI=1S/C20H17NO7/c1-10(22)16-17(12-5-8-14(23)15(9-12)28-2)21(19(25)18(16)24)13-6-3-11(4-7-13)20(26)27/h3-9,17,23-24H,1-2H3,(H,26,27)/p-1/t17-/m0/s1. The van der Waals surface area contributed by atoms with Crippen molar-refractivity contribution in [3.63, 3.8) is 0 Å². The van der Waals surface area contributed by atoms with Gasteiger partial charge >= 0.3 is 5.97 Å². The van der Waals surface area contributed by atoms with Crippen molar-refractivity contribution < 1.29 is 34.4 Å². The van der Waals surface area contributed by atoms with Gasteiger partial charge in [0, 0.05) is 11.3 Å². The number of hydrogen-bond donors (Lipinski definition) is 2. The van der Waals surface area contributed by atoms with Crippen molar-refractivity contribution in [2.75, 3.05) is 12.0 Å². The molecule has 3 rings (SSSR count). The van der Waals surface area contributed by atoms with E-state index >= 15 is 0 Å². The van der Waals surface area contributed by atoms with E-state index in [0.29, 0.717) is 5.56 Å². The number of aromatic hydroxyl groups is 1. The van der Waals surface area contributed by atoms with E-state index in [4.69, 9.17) is 9.84 Å². The highest BCUT2D eigenvalue weighted by Gasteiger charge is 2.39. The summed E-state index contributed by atoms with van der Waals surface area (Å²) in [6.07, 6.45) is 0. The van der Waals surface area contributed by atoms with E-state index in [1.807, 2.05) is 0 Å². The number of nitrogens with zero attached hydrogens (tertiary/aromatic N) is 1. The van der Waals surface area contributed by atoms with Crippen molar-refractivity contribution in [2.24, 2.45) is 0 Å². The zero-order valence-electron chi connectivity index (χ0n) is 15.0. The summed E-state index contributed by atoms with van der Waals surface area (Å²) in [5.41, 5.74) is 0.457. The lowest BCUT2D eigenvalue weighted by molar-refractivity contribution is -0.298. The normalized spacial score (nSPS) is 16.4. The molecule has 1 amide bonds. The Bertz CT molecular complexity index is 1010. The number of amides is 1. The predicted molar refractivity (Wildman–Crippen MR) is 96.0 cm³/mol. The fourth-order valence-corrected chi connectivity index (χ4v) is 3.16. The first-order valence-electron chi connectivity index (χ1n) is 8.22. The molecule has 1 atom stereocenters. The number of phenols is 1. The summed E-state index contributed by atoms with van der Waals surface area (Å²) >= 11 is 0. The zero-order chi connectivity index (χ0) is 20.6. The third-order valence-corrected chi connectivity index (χ3v) is 4.48. The second-order valence-electron chi connectivity index (χ2n) is 6.16. The first-order valence-corrected chi connectivity index (χ1v) is 8.22. The van der Waals surface area contributed by atoms with Crippen LogP contribution in [0.4, 0.5) is 5.69 Å². The molecule has 0 aliphatic carbocycles. The molecule has 0 aromatic heterocycles. The first-order chi connectivity index (χ1) is 13.3. The zero-order valence-corrected chi connectivity index (χ0v) is 15.0. The quantitative estimate of drug-likeness (QED) is 0.800. The number of benzene rings is 2. The van der Waals surface area contributed by atoms with Gasteiger partial charge < -0.3 is 20.1 Å². The maximum atomic E-state index is 12.7. The van der Waals surface area contributed by atoms with E-state index in [0.717, 1.165) is 4.90 Å². The summed E-state index contributed by atoms with van der Waals surface area (Å²) in [6, 6.07) is 8.62. The van der Waals surface area contributed by atoms with Crippen LogP contribution in [0.25, 0.3) is 0 Å². The van der Waals surface area contributed by atoms with E-state index in [2.05, 4.69) is 0 Å². The summed E-state index contributed by atoms with van der Waals surface area (Å²) in [7, 11) is 1.35. The van der Waals surface area contributed by atoms with Crippen LogP contribution < -0.4 is 14.7 Å². The number of ether oxygens (including phenoxy) is 1. The van der Waals surface area contributed by atoms with Crippen molar-refractivity contribution in [3.8, 4) is 11.5 Å². The van der Waals surface area contributed by atoms with Crippen molar-refractivity contribution in [1.82, 2.24) is 0 Å². The highest BCUT2D eigenvalue weighted by Crippen LogP contribution is 2.42. The van der Waals surface area contributed by atoms with Crippen LogP contribution in [0.5, 0.6) is 11.5 Å². The lowest BCUT2D eigenvalue weighted by Crippen LogP contribution is -2.32. The van der Waals surface area contributed by atoms with E-state index in [9.17, 15) is 24.6 Å². The number of aromatic carboxylic acids is 1. The molecule has 28 heavy (non-hydrogen) atoms. The molecule has 144 valence electrons. The number of phenolic OH excluding ortho intramolecular Hbond substituents is 1. The second kappa shape index (κ2) is 7.07. The van der Waals surface area contributed by atoms with Gasteiger partial charge in [-0.25, -0.2) is 4.79 Å². The summed E-state index contributed by atoms with van der Waals surface area (Å²) in [5, 5.41) is 31.4. The molecule has 0 bridgehead atoms. The number of carboxylic acids is 1. The molecule has 8 heteroatoms. The predicted octanol–water partition coefficient (Wildman–Crippen LogP) is 1.39. The van der Waals surface area contributed by atoms with E-state index in [1.54, 1.807) is 0 Å². The molecule has 0 radical (unpaired) electrons. The molecule has 1 aliphatic rings. The van der Waals surface area contributed by atoms with Crippen LogP contribution in [0.3, 0.4) is 0 Å². The summed E-state index contributed by atoms with van der Waals surface area (Å²) in [6.45, 7) is 1.20. The molecule has 0 spiro atoms. The number of carbonyl (C=O) groups is 3. The van der Waals surface area contributed by atoms with Crippen LogP contribution >= 0.6 is 0 Å². The Balaban J connectivity index is 2.16. The Morgan fingerprint density at radius 3 is 2.32 bits per heavy atom. The van der Waals surface area contributed by atoms with Crippen LogP contribution in [0.1, 0.15) is 28.9 Å². The number of anilines is 1. The summed E-state index contributed by atoms with van der Waals surface area (Å²) in [5.74, 6) is -3.53. The number of rotatable bonds is 5. The topological polar surface area (TPSA) is 127 Å². The molecular weight excluding hydrogens is 366 g/mol. The average molecular weight is 382 g/mol. The van der Waals surface area contributed by atoms with Crippen LogP contribution in [-0.2, 0) is 9.59 Å². The minimum absolute atomic E-state index is 0.0142. The molecule has 0 saturated carbocycles. The molecule has 1 heterocycles. The average Bonchev–Trinajstić information content (AvgIpc) is 2.93. The van der Waals surface area contributed by atoms with Gasteiger partial charge in [0.25, 0.3) is 0 Å². The van der Waals surface area contributed by atoms with E-state index in [1.165, 1.54) is 56.5 Å². The van der Waals surface area contributed by atoms with Crippen molar-refractivity contribution in [1.29, 1.82) is 0 Å². The molecule has 2 N–H and O–H groups in total. The van der Waals surface area contributed by atoms with Gasteiger partial charge in [-0.3, -0.25) is 14.5 Å². The Morgan fingerprint density at radius 1 is 1.14 bits per heavy atom. The Hall–Kier alpha value is -3.81. The second-order valence-corrected chi connectivity index (χ2v) is 6.16. The van der Waals surface area contributed by atoms with E-state index in [-0.39, 0.29) is 28.3 Å². The van der Waals surface area contributed by atoms with Gasteiger partial charge in [-0.2, -0.15) is 0 Å². The van der Waals surface area contributed by atoms with Crippen molar-refractivity contribution in [3.05, 3.63) is 64.9 Å². The van der Waals surface area contributed by atoms with Gasteiger partial charge in [0.1, 0.15) is 0 Å². The number of hydrogen-bond acceptors (Lipinski definition) is 6. The number of carbonyl (C=O) groups excluding carboxylic acids is 2. The molecule has 2 aromatic rings. The SMILES string of the molecule is COc1cc([C@H]2C(C(C)=O)=C([O-])C(=O)N2c2ccc(C(=O)O)cc2)ccc1O. The molecule has 0 fully saturated rings. The number of ketones is 1. The number of carboxylic acid groups (broad SMARTS) is 1. The fraction of sp³-hybridized carbons (Fsp3) is 0.150. The van der Waals surface area contributed by atoms with Crippen LogP contribution in [0.2, 0.25) is 0 Å². The van der Waals surface area contributed by atoms with Crippen LogP contribution in [0.15, 0.2) is 53.8 Å². The molecule has 0 unspecified atom stereocenters. The minimum Gasteiger partial charge on any atom is -0.868 e. The van der Waals surface area contributed by atoms with E-state index < -0.39 is 29.5 Å². The summed E-state index contributed by atoms with van der Waals surface area (Å²) in [4.78, 5) is 37.0. The monoisotopic (exact) mass is 382 g/mol. The molecule has 2 aromatic carbocycles. The lowest BCUT2D eigenvalue weighted by Gasteiger charge is -2.28. The Labute approximate surface area is 159 Å². The lowest BCUT2D eigenvalue weighted by atomic mass is 9.96. The smallest absolute Gasteiger partial charge is 0.335 e. The van der Waals surface area contributed by atoms with Gasteiger partial charge in [-0.05, 0) is 54.6 Å². The Kier molecular flexibility index (Phi) is 4.79. The van der Waals surface area contributed by atoms with Gasteiger partial charge in [0.05, 0.1) is 18.7 Å².